The zero-order valence-electron chi connectivity index (χ0n) is 11.0. The lowest BCUT2D eigenvalue weighted by atomic mass is 10.1. The van der Waals surface area contributed by atoms with E-state index in [9.17, 15) is 5.11 Å². The molecule has 96 valence electrons. The summed E-state index contributed by atoms with van der Waals surface area (Å²) in [6.07, 6.45) is 5.71. The third-order valence-electron chi connectivity index (χ3n) is 4.01. The third-order valence-corrected chi connectivity index (χ3v) is 4.01. The van der Waals surface area contributed by atoms with Gasteiger partial charge in [-0.15, -0.1) is 0 Å². The second-order valence-electron chi connectivity index (χ2n) is 5.43. The average molecular weight is 244 g/mol. The minimum atomic E-state index is 0.390. The number of H-pyrrole nitrogens is 1. The topological polar surface area (TPSA) is 39.3 Å². The van der Waals surface area contributed by atoms with E-state index in [-0.39, 0.29) is 0 Å². The predicted molar refractivity (Wildman–Crippen MR) is 74.1 cm³/mol. The summed E-state index contributed by atoms with van der Waals surface area (Å²) in [5, 5.41) is 11.0. The largest absolute Gasteiger partial charge is 0.507 e. The molecule has 0 saturated heterocycles. The van der Waals surface area contributed by atoms with Crippen LogP contribution in [0.4, 0.5) is 0 Å². The fraction of sp³-hybridized carbons (Fsp3) is 0.467. The minimum absolute atomic E-state index is 0.390. The van der Waals surface area contributed by atoms with Crippen LogP contribution < -0.4 is 0 Å². The first kappa shape index (κ1) is 11.6. The number of likely N-dealkylation sites (N-methyl/N-ethyl adjacent to an activating group) is 1. The van der Waals surface area contributed by atoms with E-state index in [1.54, 1.807) is 6.07 Å². The Morgan fingerprint density at radius 3 is 2.89 bits per heavy atom. The van der Waals surface area contributed by atoms with Gasteiger partial charge in [-0.3, -0.25) is 0 Å². The van der Waals surface area contributed by atoms with Gasteiger partial charge >= 0.3 is 0 Å². The van der Waals surface area contributed by atoms with Crippen LogP contribution in [0.5, 0.6) is 5.75 Å². The maximum atomic E-state index is 10.0. The van der Waals surface area contributed by atoms with E-state index in [0.717, 1.165) is 29.9 Å². The van der Waals surface area contributed by atoms with Crippen molar-refractivity contribution in [2.75, 3.05) is 13.6 Å². The smallest absolute Gasteiger partial charge is 0.125 e. The Bertz CT molecular complexity index is 569. The van der Waals surface area contributed by atoms with Crippen molar-refractivity contribution in [2.45, 2.75) is 32.2 Å². The predicted octanol–water partition coefficient (Wildman–Crippen LogP) is 2.82. The van der Waals surface area contributed by atoms with E-state index in [4.69, 9.17) is 0 Å². The number of nitrogens with one attached hydrogen (secondary N) is 1. The summed E-state index contributed by atoms with van der Waals surface area (Å²) in [4.78, 5) is 5.71. The molecule has 0 unspecified atom stereocenters. The molecule has 0 aliphatic heterocycles. The monoisotopic (exact) mass is 244 g/mol. The maximum absolute atomic E-state index is 10.0. The lowest BCUT2D eigenvalue weighted by Gasteiger charge is -2.14. The number of aromatic nitrogens is 1. The molecule has 1 aliphatic rings. The third kappa shape index (κ3) is 1.99. The Labute approximate surface area is 107 Å². The summed E-state index contributed by atoms with van der Waals surface area (Å²) in [6.45, 7) is 3.13. The molecule has 0 radical (unpaired) electrons. The zero-order chi connectivity index (χ0) is 12.7. The van der Waals surface area contributed by atoms with E-state index in [0.29, 0.717) is 5.75 Å². The minimum Gasteiger partial charge on any atom is -0.507 e. The van der Waals surface area contributed by atoms with Gasteiger partial charge in [-0.2, -0.15) is 0 Å². The van der Waals surface area contributed by atoms with Crippen LogP contribution in [0.25, 0.3) is 10.9 Å². The first-order valence-corrected chi connectivity index (χ1v) is 6.65. The van der Waals surface area contributed by atoms with Crippen molar-refractivity contribution in [3.05, 3.63) is 29.5 Å². The number of phenols is 1. The Morgan fingerprint density at radius 2 is 2.17 bits per heavy atom. The van der Waals surface area contributed by atoms with E-state index in [1.807, 2.05) is 12.3 Å². The van der Waals surface area contributed by atoms with Crippen molar-refractivity contribution in [1.29, 1.82) is 0 Å². The van der Waals surface area contributed by atoms with Crippen molar-refractivity contribution >= 4 is 10.9 Å². The lowest BCUT2D eigenvalue weighted by molar-refractivity contribution is 0.329. The molecule has 0 bridgehead atoms. The summed E-state index contributed by atoms with van der Waals surface area (Å²) in [5.41, 5.74) is 3.47. The van der Waals surface area contributed by atoms with Crippen LogP contribution in [-0.4, -0.2) is 34.6 Å². The van der Waals surface area contributed by atoms with Gasteiger partial charge < -0.3 is 15.0 Å². The number of aromatic amines is 1. The van der Waals surface area contributed by atoms with Gasteiger partial charge in [0.1, 0.15) is 5.75 Å². The van der Waals surface area contributed by atoms with Gasteiger partial charge in [-0.1, -0.05) is 6.07 Å². The molecule has 0 amide bonds. The molecular weight excluding hydrogens is 224 g/mol. The number of rotatable bonds is 4. The van der Waals surface area contributed by atoms with Gasteiger partial charge in [0.25, 0.3) is 0 Å². The van der Waals surface area contributed by atoms with Crippen LogP contribution >= 0.6 is 0 Å². The Balaban J connectivity index is 1.85. The molecule has 1 aromatic carbocycles. The lowest BCUT2D eigenvalue weighted by Crippen LogP contribution is -2.23. The Hall–Kier alpha value is -1.48. The number of phenolic OH excluding ortho intramolecular Hbond substituents is 1. The highest BCUT2D eigenvalue weighted by Crippen LogP contribution is 2.31. The van der Waals surface area contributed by atoms with Crippen molar-refractivity contribution in [1.82, 2.24) is 9.88 Å². The molecule has 1 saturated carbocycles. The molecule has 3 nitrogen and oxygen atoms in total. The standard InChI is InChI=1S/C15H20N2O/c1-10-3-6-13(18)14-11(9-16-15(10)14)7-8-17(2)12-4-5-12/h3,6,9,12,16,18H,4-5,7-8H2,1-2H3. The van der Waals surface area contributed by atoms with E-state index < -0.39 is 0 Å². The Kier molecular flexibility index (Phi) is 2.78. The Morgan fingerprint density at radius 1 is 1.39 bits per heavy atom. The van der Waals surface area contributed by atoms with Crippen LogP contribution in [0, 0.1) is 6.92 Å². The van der Waals surface area contributed by atoms with Crippen LogP contribution in [-0.2, 0) is 6.42 Å². The van der Waals surface area contributed by atoms with E-state index in [2.05, 4.69) is 23.9 Å². The molecule has 2 N–H and O–H groups in total. The summed E-state index contributed by atoms with van der Waals surface area (Å²) >= 11 is 0. The normalized spacial score (nSPS) is 15.7. The fourth-order valence-corrected chi connectivity index (χ4v) is 2.63. The molecular formula is C15H20N2O. The second kappa shape index (κ2) is 4.32. The first-order valence-electron chi connectivity index (χ1n) is 6.65. The van der Waals surface area contributed by atoms with Crippen LogP contribution in [0.2, 0.25) is 0 Å². The van der Waals surface area contributed by atoms with E-state index >= 15 is 0 Å². The number of fused-ring (bicyclic) bond motifs is 1. The molecule has 0 spiro atoms. The molecule has 1 fully saturated rings. The summed E-state index contributed by atoms with van der Waals surface area (Å²) in [7, 11) is 2.19. The molecule has 0 atom stereocenters. The number of nitrogens with zero attached hydrogens (tertiary/aromatic N) is 1. The van der Waals surface area contributed by atoms with Gasteiger partial charge in [-0.25, -0.2) is 0 Å². The SMILES string of the molecule is Cc1ccc(O)c2c(CCN(C)C3CC3)c[nH]c12. The molecule has 1 heterocycles. The van der Waals surface area contributed by atoms with Gasteiger partial charge in [0.05, 0.1) is 5.52 Å². The number of aromatic hydroxyl groups is 1. The van der Waals surface area contributed by atoms with Crippen molar-refractivity contribution in [3.8, 4) is 5.75 Å². The highest BCUT2D eigenvalue weighted by atomic mass is 16.3. The summed E-state index contributed by atoms with van der Waals surface area (Å²) in [6, 6.07) is 4.54. The van der Waals surface area contributed by atoms with Crippen molar-refractivity contribution < 1.29 is 5.11 Å². The van der Waals surface area contributed by atoms with E-state index in [1.165, 1.54) is 24.0 Å². The van der Waals surface area contributed by atoms with Gasteiger partial charge in [0, 0.05) is 24.2 Å². The quantitative estimate of drug-likeness (QED) is 0.868. The fourth-order valence-electron chi connectivity index (χ4n) is 2.63. The van der Waals surface area contributed by atoms with Crippen LogP contribution in [0.15, 0.2) is 18.3 Å². The van der Waals surface area contributed by atoms with Crippen LogP contribution in [0.3, 0.4) is 0 Å². The van der Waals surface area contributed by atoms with Gasteiger partial charge in [-0.05, 0) is 50.4 Å². The molecule has 18 heavy (non-hydrogen) atoms. The zero-order valence-corrected chi connectivity index (χ0v) is 11.0. The van der Waals surface area contributed by atoms with Gasteiger partial charge in [0.15, 0.2) is 0 Å². The highest BCUT2D eigenvalue weighted by Gasteiger charge is 2.25. The molecule has 3 rings (SSSR count). The van der Waals surface area contributed by atoms with Crippen LogP contribution in [0.1, 0.15) is 24.0 Å². The number of hydrogen-bond donors (Lipinski definition) is 2. The number of benzene rings is 1. The number of aryl methyl sites for hydroxylation is 1. The van der Waals surface area contributed by atoms with Gasteiger partial charge in [0.2, 0.25) is 0 Å². The second-order valence-corrected chi connectivity index (χ2v) is 5.43. The maximum Gasteiger partial charge on any atom is 0.125 e. The summed E-state index contributed by atoms with van der Waals surface area (Å²) in [5.74, 6) is 0.390. The highest BCUT2D eigenvalue weighted by molar-refractivity contribution is 5.91. The first-order chi connectivity index (χ1) is 8.66. The van der Waals surface area contributed by atoms with Crippen molar-refractivity contribution in [2.24, 2.45) is 0 Å². The molecule has 2 aromatic rings. The molecule has 1 aliphatic carbocycles. The molecule has 3 heteroatoms. The molecule has 1 aromatic heterocycles. The average Bonchev–Trinajstić information content (AvgIpc) is 3.11. The number of hydrogen-bond acceptors (Lipinski definition) is 2. The van der Waals surface area contributed by atoms with Crippen molar-refractivity contribution in [3.63, 3.8) is 0 Å². The summed E-state index contributed by atoms with van der Waals surface area (Å²) < 4.78 is 0.